The number of carbonyl (C=O) groups is 1. The summed E-state index contributed by atoms with van der Waals surface area (Å²) in [7, 11) is 0. The van der Waals surface area contributed by atoms with Crippen LogP contribution in [0.5, 0.6) is 0 Å². The molecule has 0 spiro atoms. The highest BCUT2D eigenvalue weighted by molar-refractivity contribution is 8.26. The van der Waals surface area contributed by atoms with Gasteiger partial charge in [0, 0.05) is 31.2 Å². The quantitative estimate of drug-likeness (QED) is 0.489. The van der Waals surface area contributed by atoms with Gasteiger partial charge in [0.05, 0.1) is 4.91 Å². The Labute approximate surface area is 192 Å². The molecular weight excluding hydrogens is 428 g/mol. The number of anilines is 1. The van der Waals surface area contributed by atoms with Crippen LogP contribution in [0.3, 0.4) is 0 Å². The van der Waals surface area contributed by atoms with Gasteiger partial charge in [0.15, 0.2) is 0 Å². The van der Waals surface area contributed by atoms with E-state index in [2.05, 4.69) is 11.0 Å². The Hall–Kier alpha value is -2.11. The second-order valence-corrected chi connectivity index (χ2v) is 10.2. The zero-order valence-electron chi connectivity index (χ0n) is 18.1. The lowest BCUT2D eigenvalue weighted by atomic mass is 10.0. The highest BCUT2D eigenvalue weighted by atomic mass is 32.2. The smallest absolute Gasteiger partial charge is 0.270 e. The summed E-state index contributed by atoms with van der Waals surface area (Å²) < 4.78 is 2.35. The van der Waals surface area contributed by atoms with Crippen molar-refractivity contribution in [1.29, 1.82) is 5.26 Å². The van der Waals surface area contributed by atoms with Crippen molar-refractivity contribution in [2.75, 3.05) is 18.0 Å². The summed E-state index contributed by atoms with van der Waals surface area (Å²) in [5, 5.41) is 9.71. The number of hydrogen-bond acceptors (Lipinski definition) is 6. The third-order valence-corrected chi connectivity index (χ3v) is 7.82. The van der Waals surface area contributed by atoms with Gasteiger partial charge in [-0.2, -0.15) is 5.26 Å². The van der Waals surface area contributed by atoms with Gasteiger partial charge in [0.1, 0.15) is 21.8 Å². The molecule has 0 unspecified atom stereocenters. The molecule has 1 amide bonds. The largest absolute Gasteiger partial charge is 0.357 e. The molecule has 6 nitrogen and oxygen atoms in total. The van der Waals surface area contributed by atoms with Gasteiger partial charge in [-0.1, -0.05) is 43.7 Å². The first kappa shape index (κ1) is 22.1. The molecule has 4 rings (SSSR count). The maximum atomic E-state index is 13.3. The fourth-order valence-corrected chi connectivity index (χ4v) is 6.32. The average Bonchev–Trinajstić information content (AvgIpc) is 3.49. The molecule has 0 bridgehead atoms. The van der Waals surface area contributed by atoms with Crippen LogP contribution in [0.25, 0.3) is 6.08 Å². The lowest BCUT2D eigenvalue weighted by Crippen LogP contribution is -2.36. The van der Waals surface area contributed by atoms with E-state index >= 15 is 0 Å². The van der Waals surface area contributed by atoms with Crippen molar-refractivity contribution in [2.45, 2.75) is 71.4 Å². The molecule has 31 heavy (non-hydrogen) atoms. The normalized spacial score (nSPS) is 21.0. The second kappa shape index (κ2) is 9.17. The van der Waals surface area contributed by atoms with Crippen molar-refractivity contribution in [3.8, 4) is 6.07 Å². The van der Waals surface area contributed by atoms with E-state index in [0.29, 0.717) is 21.3 Å². The first-order chi connectivity index (χ1) is 15.0. The van der Waals surface area contributed by atoms with Gasteiger partial charge in [-0.05, 0) is 50.7 Å². The first-order valence-corrected chi connectivity index (χ1v) is 12.4. The van der Waals surface area contributed by atoms with Gasteiger partial charge >= 0.3 is 0 Å². The third-order valence-electron chi connectivity index (χ3n) is 6.49. The predicted molar refractivity (Wildman–Crippen MR) is 129 cm³/mol. The summed E-state index contributed by atoms with van der Waals surface area (Å²) in [6.07, 6.45) is 9.07. The molecule has 0 radical (unpaired) electrons. The standard InChI is InChI=1S/C23H28N4O2S2/c1-3-10-26-20(25-11-6-7-12-25)17(15(2)18(14-24)21(26)28)13-19-22(29)27(23(30)31-19)16-8-4-5-9-16/h13,16H,3-12H2,1-2H3. The van der Waals surface area contributed by atoms with E-state index < -0.39 is 0 Å². The van der Waals surface area contributed by atoms with E-state index in [9.17, 15) is 14.9 Å². The summed E-state index contributed by atoms with van der Waals surface area (Å²) in [5.41, 5.74) is 1.37. The zero-order valence-corrected chi connectivity index (χ0v) is 19.8. The summed E-state index contributed by atoms with van der Waals surface area (Å²) in [6.45, 7) is 6.14. The van der Waals surface area contributed by atoms with E-state index in [1.165, 1.54) is 11.8 Å². The van der Waals surface area contributed by atoms with E-state index in [0.717, 1.165) is 69.4 Å². The highest BCUT2D eigenvalue weighted by Gasteiger charge is 2.38. The van der Waals surface area contributed by atoms with Crippen molar-refractivity contribution < 1.29 is 4.79 Å². The summed E-state index contributed by atoms with van der Waals surface area (Å²) in [5.74, 6) is 0.799. The number of thiocarbonyl (C=S) groups is 1. The molecule has 0 N–H and O–H groups in total. The summed E-state index contributed by atoms with van der Waals surface area (Å²) in [6, 6.07) is 2.31. The van der Waals surface area contributed by atoms with Crippen molar-refractivity contribution in [3.05, 3.63) is 31.9 Å². The lowest BCUT2D eigenvalue weighted by Gasteiger charge is -2.26. The molecule has 3 fully saturated rings. The first-order valence-electron chi connectivity index (χ1n) is 11.2. The van der Waals surface area contributed by atoms with E-state index in [-0.39, 0.29) is 23.1 Å². The lowest BCUT2D eigenvalue weighted by molar-refractivity contribution is -0.123. The molecule has 0 atom stereocenters. The van der Waals surface area contributed by atoms with Crippen LogP contribution in [-0.4, -0.2) is 38.8 Å². The minimum atomic E-state index is -0.237. The van der Waals surface area contributed by atoms with Crippen LogP contribution in [0.15, 0.2) is 9.70 Å². The molecule has 1 aromatic heterocycles. The van der Waals surface area contributed by atoms with Crippen molar-refractivity contribution in [2.24, 2.45) is 0 Å². The maximum absolute atomic E-state index is 13.3. The highest BCUT2D eigenvalue weighted by Crippen LogP contribution is 2.39. The topological polar surface area (TPSA) is 69.3 Å². The number of carbonyl (C=O) groups excluding carboxylic acids is 1. The Morgan fingerprint density at radius 2 is 1.87 bits per heavy atom. The fourth-order valence-electron chi connectivity index (χ4n) is 4.93. The SMILES string of the molecule is CCCn1c(N2CCCC2)c(C=C2SC(=S)N(C3CCCC3)C2=O)c(C)c(C#N)c1=O. The Morgan fingerprint density at radius 3 is 2.48 bits per heavy atom. The molecule has 8 heteroatoms. The monoisotopic (exact) mass is 456 g/mol. The predicted octanol–water partition coefficient (Wildman–Crippen LogP) is 4.18. The molecule has 1 aliphatic carbocycles. The van der Waals surface area contributed by atoms with Gasteiger partial charge in [-0.15, -0.1) is 0 Å². The number of nitriles is 1. The fraction of sp³-hybridized carbons (Fsp3) is 0.565. The number of amides is 1. The Balaban J connectivity index is 1.86. The number of hydrogen-bond donors (Lipinski definition) is 0. The van der Waals surface area contributed by atoms with E-state index in [4.69, 9.17) is 12.2 Å². The molecule has 2 aliphatic heterocycles. The van der Waals surface area contributed by atoms with Crippen LogP contribution in [0, 0.1) is 18.3 Å². The second-order valence-electron chi connectivity index (χ2n) is 8.49. The Kier molecular flexibility index (Phi) is 6.54. The zero-order chi connectivity index (χ0) is 22.1. The van der Waals surface area contributed by atoms with Gasteiger partial charge in [0.2, 0.25) is 0 Å². The van der Waals surface area contributed by atoms with Crippen LogP contribution in [-0.2, 0) is 11.3 Å². The summed E-state index contributed by atoms with van der Waals surface area (Å²) >= 11 is 6.91. The van der Waals surface area contributed by atoms with Crippen molar-refractivity contribution in [1.82, 2.24) is 9.47 Å². The van der Waals surface area contributed by atoms with E-state index in [1.807, 2.05) is 19.9 Å². The molecule has 3 aliphatic rings. The minimum absolute atomic E-state index is 0.0413. The Bertz CT molecular complexity index is 1040. The third kappa shape index (κ3) is 3.94. The van der Waals surface area contributed by atoms with Crippen LogP contribution < -0.4 is 10.5 Å². The van der Waals surface area contributed by atoms with Crippen LogP contribution in [0.1, 0.15) is 68.6 Å². The minimum Gasteiger partial charge on any atom is -0.357 e. The number of thioether (sulfide) groups is 1. The van der Waals surface area contributed by atoms with Crippen LogP contribution >= 0.6 is 24.0 Å². The van der Waals surface area contributed by atoms with Crippen LogP contribution in [0.4, 0.5) is 5.82 Å². The maximum Gasteiger partial charge on any atom is 0.270 e. The van der Waals surface area contributed by atoms with Gasteiger partial charge in [-0.25, -0.2) is 0 Å². The molecule has 1 aromatic rings. The molecule has 2 saturated heterocycles. The molecular formula is C23H28N4O2S2. The van der Waals surface area contributed by atoms with Crippen LogP contribution in [0.2, 0.25) is 0 Å². The van der Waals surface area contributed by atoms with Gasteiger partial charge in [-0.3, -0.25) is 19.1 Å². The average molecular weight is 457 g/mol. The molecule has 1 saturated carbocycles. The van der Waals surface area contributed by atoms with E-state index in [1.54, 1.807) is 9.47 Å². The molecule has 3 heterocycles. The number of nitrogens with zero attached hydrogens (tertiary/aromatic N) is 4. The molecule has 0 aromatic carbocycles. The van der Waals surface area contributed by atoms with Gasteiger partial charge < -0.3 is 4.90 Å². The number of rotatable bonds is 5. The summed E-state index contributed by atoms with van der Waals surface area (Å²) in [4.78, 5) is 31.0. The Morgan fingerprint density at radius 1 is 1.19 bits per heavy atom. The van der Waals surface area contributed by atoms with Gasteiger partial charge in [0.25, 0.3) is 11.5 Å². The molecule has 164 valence electrons. The number of aromatic nitrogens is 1. The van der Waals surface area contributed by atoms with Crippen molar-refractivity contribution in [3.63, 3.8) is 0 Å². The van der Waals surface area contributed by atoms with Crippen molar-refractivity contribution >= 4 is 46.1 Å². The number of pyridine rings is 1.